The van der Waals surface area contributed by atoms with Gasteiger partial charge >= 0.3 is 0 Å². The second kappa shape index (κ2) is 15.2. The Morgan fingerprint density at radius 2 is 1.28 bits per heavy atom. The molecule has 0 unspecified atom stereocenters. The Bertz CT molecular complexity index is 461. The summed E-state index contributed by atoms with van der Waals surface area (Å²) in [5.41, 5.74) is 6.56. The van der Waals surface area contributed by atoms with E-state index in [9.17, 15) is 0 Å². The van der Waals surface area contributed by atoms with Crippen molar-refractivity contribution in [1.29, 1.82) is 0 Å². The molecule has 0 saturated carbocycles. The number of benzene rings is 1. The van der Waals surface area contributed by atoms with Crippen LogP contribution in [0.3, 0.4) is 0 Å². The third-order valence-electron chi connectivity index (χ3n) is 4.66. The number of para-hydroxylation sites is 1. The Kier molecular flexibility index (Phi) is 13.3. The molecule has 25 heavy (non-hydrogen) atoms. The van der Waals surface area contributed by atoms with Gasteiger partial charge in [-0.15, -0.1) is 0 Å². The fraction of sp³-hybridized carbons (Fsp3) is 0.682. The first kappa shape index (κ1) is 22.0. The molecule has 1 aromatic carbocycles. The van der Waals surface area contributed by atoms with Crippen molar-refractivity contribution in [3.63, 3.8) is 0 Å². The quantitative estimate of drug-likeness (QED) is 0.259. The highest BCUT2D eigenvalue weighted by Gasteiger charge is 2.04. The van der Waals surface area contributed by atoms with E-state index in [4.69, 9.17) is 22.7 Å². The molecule has 2 nitrogen and oxygen atoms in total. The van der Waals surface area contributed by atoms with Gasteiger partial charge in [0, 0.05) is 0 Å². The summed E-state index contributed by atoms with van der Waals surface area (Å²) >= 11 is 5.05. The van der Waals surface area contributed by atoms with Gasteiger partial charge < -0.3 is 10.5 Å². The van der Waals surface area contributed by atoms with Crippen LogP contribution in [0.5, 0.6) is 5.75 Å². The molecule has 0 spiro atoms. The van der Waals surface area contributed by atoms with Crippen LogP contribution in [0.1, 0.15) is 96.0 Å². The van der Waals surface area contributed by atoms with E-state index < -0.39 is 0 Å². The highest BCUT2D eigenvalue weighted by Crippen LogP contribution is 2.18. The summed E-state index contributed by atoms with van der Waals surface area (Å²) in [4.78, 5) is 0.404. The van der Waals surface area contributed by atoms with Crippen molar-refractivity contribution in [1.82, 2.24) is 0 Å². The van der Waals surface area contributed by atoms with Crippen molar-refractivity contribution in [3.8, 4) is 5.75 Å². The molecule has 0 radical (unpaired) electrons. The summed E-state index contributed by atoms with van der Waals surface area (Å²) < 4.78 is 5.83. The largest absolute Gasteiger partial charge is 0.493 e. The Morgan fingerprint density at radius 3 is 1.80 bits per heavy atom. The first-order valence-electron chi connectivity index (χ1n) is 10.3. The summed E-state index contributed by atoms with van der Waals surface area (Å²) in [5, 5.41) is 0. The Balaban J connectivity index is 1.90. The molecule has 0 aliphatic carbocycles. The molecule has 0 atom stereocenters. The van der Waals surface area contributed by atoms with Gasteiger partial charge in [0.25, 0.3) is 0 Å². The summed E-state index contributed by atoms with van der Waals surface area (Å²) in [5.74, 6) is 0.814. The number of nitrogens with two attached hydrogens (primary N) is 1. The SMILES string of the molecule is CCCCCCCCCCCCCCCOc1ccccc1C(N)=S. The van der Waals surface area contributed by atoms with Gasteiger partial charge in [0.2, 0.25) is 0 Å². The second-order valence-electron chi connectivity index (χ2n) is 6.95. The summed E-state index contributed by atoms with van der Waals surface area (Å²) in [7, 11) is 0. The lowest BCUT2D eigenvalue weighted by Gasteiger charge is -2.10. The molecule has 0 heterocycles. The molecule has 0 aromatic heterocycles. The highest BCUT2D eigenvalue weighted by molar-refractivity contribution is 7.80. The molecule has 0 fully saturated rings. The standard InChI is InChI=1S/C22H37NOS/c1-2-3-4-5-6-7-8-9-10-11-12-13-16-19-24-21-18-15-14-17-20(21)22(23)25/h14-15,17-18H,2-13,16,19H2,1H3,(H2,23,25). The molecule has 2 N–H and O–H groups in total. The molecule has 3 heteroatoms. The molecule has 0 aliphatic rings. The van der Waals surface area contributed by atoms with E-state index in [-0.39, 0.29) is 0 Å². The Hall–Kier alpha value is -1.09. The lowest BCUT2D eigenvalue weighted by Crippen LogP contribution is -2.12. The number of rotatable bonds is 16. The molecule has 0 aliphatic heterocycles. The van der Waals surface area contributed by atoms with Crippen molar-refractivity contribution in [2.75, 3.05) is 6.61 Å². The van der Waals surface area contributed by atoms with Crippen LogP contribution in [0.4, 0.5) is 0 Å². The maximum absolute atomic E-state index is 5.83. The van der Waals surface area contributed by atoms with Crippen molar-refractivity contribution in [2.45, 2.75) is 90.4 Å². The van der Waals surface area contributed by atoms with E-state index in [2.05, 4.69) is 6.92 Å². The molecular weight excluding hydrogens is 326 g/mol. The zero-order chi connectivity index (χ0) is 18.2. The Morgan fingerprint density at radius 1 is 0.800 bits per heavy atom. The lowest BCUT2D eigenvalue weighted by atomic mass is 10.0. The summed E-state index contributed by atoms with van der Waals surface area (Å²) in [6, 6.07) is 7.76. The first-order chi connectivity index (χ1) is 12.3. The van der Waals surface area contributed by atoms with E-state index in [0.717, 1.165) is 24.3 Å². The van der Waals surface area contributed by atoms with Gasteiger partial charge in [-0.1, -0.05) is 108 Å². The molecular formula is C22H37NOS. The van der Waals surface area contributed by atoms with E-state index in [1.54, 1.807) is 0 Å². The van der Waals surface area contributed by atoms with Crippen LogP contribution in [0.25, 0.3) is 0 Å². The van der Waals surface area contributed by atoms with Crippen molar-refractivity contribution in [3.05, 3.63) is 29.8 Å². The van der Waals surface area contributed by atoms with E-state index in [1.165, 1.54) is 77.0 Å². The fourth-order valence-corrected chi connectivity index (χ4v) is 3.27. The van der Waals surface area contributed by atoms with Crippen LogP contribution in [0.2, 0.25) is 0 Å². The van der Waals surface area contributed by atoms with E-state index in [1.807, 2.05) is 24.3 Å². The van der Waals surface area contributed by atoms with Gasteiger partial charge in [-0.2, -0.15) is 0 Å². The molecule has 0 bridgehead atoms. The fourth-order valence-electron chi connectivity index (χ4n) is 3.10. The molecule has 1 aromatic rings. The number of ether oxygens (including phenoxy) is 1. The van der Waals surface area contributed by atoms with Crippen LogP contribution in [0, 0.1) is 0 Å². The number of unbranched alkanes of at least 4 members (excludes halogenated alkanes) is 12. The van der Waals surface area contributed by atoms with Gasteiger partial charge in [-0.3, -0.25) is 0 Å². The van der Waals surface area contributed by atoms with E-state index in [0.29, 0.717) is 4.99 Å². The third-order valence-corrected chi connectivity index (χ3v) is 4.88. The molecule has 1 rings (SSSR count). The van der Waals surface area contributed by atoms with Crippen LogP contribution < -0.4 is 10.5 Å². The first-order valence-corrected chi connectivity index (χ1v) is 10.7. The number of thiocarbonyl (C=S) groups is 1. The minimum atomic E-state index is 0.404. The maximum Gasteiger partial charge on any atom is 0.129 e. The highest BCUT2D eigenvalue weighted by atomic mass is 32.1. The molecule has 0 amide bonds. The normalized spacial score (nSPS) is 10.8. The number of hydrogen-bond acceptors (Lipinski definition) is 2. The second-order valence-corrected chi connectivity index (χ2v) is 7.39. The van der Waals surface area contributed by atoms with Gasteiger partial charge in [0.15, 0.2) is 0 Å². The van der Waals surface area contributed by atoms with Gasteiger partial charge in [-0.25, -0.2) is 0 Å². The minimum absolute atomic E-state index is 0.404. The summed E-state index contributed by atoms with van der Waals surface area (Å²) in [6.45, 7) is 3.03. The van der Waals surface area contributed by atoms with Crippen LogP contribution in [-0.2, 0) is 0 Å². The average Bonchev–Trinajstić information content (AvgIpc) is 2.62. The molecule has 0 saturated heterocycles. The van der Waals surface area contributed by atoms with Gasteiger partial charge in [-0.05, 0) is 18.6 Å². The zero-order valence-corrected chi connectivity index (χ0v) is 16.9. The number of hydrogen-bond donors (Lipinski definition) is 1. The lowest BCUT2D eigenvalue weighted by molar-refractivity contribution is 0.304. The smallest absolute Gasteiger partial charge is 0.129 e. The average molecular weight is 364 g/mol. The van der Waals surface area contributed by atoms with Gasteiger partial charge in [0.05, 0.1) is 12.2 Å². The van der Waals surface area contributed by atoms with Crippen molar-refractivity contribution < 1.29 is 4.74 Å². The molecule has 142 valence electrons. The van der Waals surface area contributed by atoms with E-state index >= 15 is 0 Å². The minimum Gasteiger partial charge on any atom is -0.493 e. The predicted octanol–water partition coefficient (Wildman–Crippen LogP) is 6.79. The Labute approximate surface area is 160 Å². The van der Waals surface area contributed by atoms with Crippen LogP contribution in [-0.4, -0.2) is 11.6 Å². The van der Waals surface area contributed by atoms with Crippen molar-refractivity contribution in [2.24, 2.45) is 5.73 Å². The van der Waals surface area contributed by atoms with Crippen LogP contribution >= 0.6 is 12.2 Å². The monoisotopic (exact) mass is 363 g/mol. The predicted molar refractivity (Wildman–Crippen MR) is 114 cm³/mol. The summed E-state index contributed by atoms with van der Waals surface area (Å²) in [6.07, 6.45) is 17.7. The maximum atomic E-state index is 5.83. The zero-order valence-electron chi connectivity index (χ0n) is 16.1. The van der Waals surface area contributed by atoms with Gasteiger partial charge in [0.1, 0.15) is 10.7 Å². The van der Waals surface area contributed by atoms with Crippen molar-refractivity contribution >= 4 is 17.2 Å². The van der Waals surface area contributed by atoms with Crippen LogP contribution in [0.15, 0.2) is 24.3 Å². The third kappa shape index (κ3) is 11.2. The topological polar surface area (TPSA) is 35.2 Å².